The molecule has 0 atom stereocenters. The standard InChI is InChI=1S/C22H22N4S/c23-15-17-11-13-18(14-12-17)16-27-22-25-24-21(19-7-3-1-4-8-19)26(22)20-9-5-2-6-10-20/h2,5-6,9-14,19H,1,3-4,7-8,16H2. The summed E-state index contributed by atoms with van der Waals surface area (Å²) in [7, 11) is 0. The molecule has 1 fully saturated rings. The predicted octanol–water partition coefficient (Wildman–Crippen LogP) is 5.48. The Bertz CT molecular complexity index is 919. The Morgan fingerprint density at radius 1 is 0.963 bits per heavy atom. The molecular formula is C22H22N4S. The monoisotopic (exact) mass is 374 g/mol. The summed E-state index contributed by atoms with van der Waals surface area (Å²) >= 11 is 1.70. The SMILES string of the molecule is N#Cc1ccc(CSc2nnc(C3CCCCC3)n2-c2ccccc2)cc1. The van der Waals surface area contributed by atoms with Crippen LogP contribution in [0.5, 0.6) is 0 Å². The van der Waals surface area contributed by atoms with Crippen LogP contribution < -0.4 is 0 Å². The second kappa shape index (κ2) is 8.41. The molecule has 0 N–H and O–H groups in total. The van der Waals surface area contributed by atoms with Crippen LogP contribution in [0.2, 0.25) is 0 Å². The Balaban J connectivity index is 1.61. The van der Waals surface area contributed by atoms with Crippen LogP contribution in [0.15, 0.2) is 59.8 Å². The zero-order valence-electron chi connectivity index (χ0n) is 15.2. The Morgan fingerprint density at radius 2 is 1.70 bits per heavy atom. The van der Waals surface area contributed by atoms with Gasteiger partial charge in [-0.1, -0.05) is 61.4 Å². The third kappa shape index (κ3) is 4.06. The average Bonchev–Trinajstić information content (AvgIpc) is 3.18. The van der Waals surface area contributed by atoms with Gasteiger partial charge in [-0.25, -0.2) is 0 Å². The van der Waals surface area contributed by atoms with Crippen molar-refractivity contribution in [3.8, 4) is 11.8 Å². The molecular weight excluding hydrogens is 352 g/mol. The molecule has 1 aliphatic rings. The Hall–Kier alpha value is -2.58. The number of thioether (sulfide) groups is 1. The molecule has 1 aliphatic carbocycles. The minimum Gasteiger partial charge on any atom is -0.274 e. The maximum atomic E-state index is 8.95. The smallest absolute Gasteiger partial charge is 0.196 e. The lowest BCUT2D eigenvalue weighted by atomic mass is 9.88. The first-order valence-corrected chi connectivity index (χ1v) is 10.5. The summed E-state index contributed by atoms with van der Waals surface area (Å²) in [5.74, 6) is 2.40. The highest BCUT2D eigenvalue weighted by Crippen LogP contribution is 2.35. The van der Waals surface area contributed by atoms with E-state index in [0.29, 0.717) is 11.5 Å². The minimum atomic E-state index is 0.496. The summed E-state index contributed by atoms with van der Waals surface area (Å²) in [6.07, 6.45) is 6.28. The van der Waals surface area contributed by atoms with Gasteiger partial charge < -0.3 is 0 Å². The lowest BCUT2D eigenvalue weighted by Gasteiger charge is -2.22. The van der Waals surface area contributed by atoms with Gasteiger partial charge in [0.2, 0.25) is 0 Å². The van der Waals surface area contributed by atoms with Crippen LogP contribution in [-0.4, -0.2) is 14.8 Å². The zero-order valence-corrected chi connectivity index (χ0v) is 16.0. The van der Waals surface area contributed by atoms with Crippen LogP contribution in [0.1, 0.15) is 55.0 Å². The van der Waals surface area contributed by atoms with Crippen LogP contribution in [0.4, 0.5) is 0 Å². The number of hydrogen-bond acceptors (Lipinski definition) is 4. The molecule has 136 valence electrons. The van der Waals surface area contributed by atoms with Gasteiger partial charge in [-0.3, -0.25) is 4.57 Å². The number of para-hydroxylation sites is 1. The normalized spacial score (nSPS) is 14.8. The fourth-order valence-electron chi connectivity index (χ4n) is 3.64. The molecule has 0 amide bonds. The predicted molar refractivity (Wildman–Crippen MR) is 108 cm³/mol. The molecule has 0 radical (unpaired) electrons. The first-order valence-electron chi connectivity index (χ1n) is 9.48. The summed E-state index contributed by atoms with van der Waals surface area (Å²) in [5, 5.41) is 19.0. The maximum absolute atomic E-state index is 8.95. The molecule has 1 saturated carbocycles. The first kappa shape index (κ1) is 17.8. The molecule has 2 aromatic carbocycles. The van der Waals surface area contributed by atoms with Crippen LogP contribution in [0.25, 0.3) is 5.69 Å². The van der Waals surface area contributed by atoms with Crippen molar-refractivity contribution in [1.29, 1.82) is 5.26 Å². The summed E-state index contributed by atoms with van der Waals surface area (Å²) in [6, 6.07) is 20.3. The second-order valence-corrected chi connectivity index (χ2v) is 7.89. The van der Waals surface area contributed by atoms with Gasteiger partial charge in [0.1, 0.15) is 5.82 Å². The summed E-state index contributed by atoms with van der Waals surface area (Å²) in [4.78, 5) is 0. The lowest BCUT2D eigenvalue weighted by molar-refractivity contribution is 0.423. The van der Waals surface area contributed by atoms with Gasteiger partial charge in [0.15, 0.2) is 5.16 Å². The molecule has 27 heavy (non-hydrogen) atoms. The van der Waals surface area contributed by atoms with Crippen molar-refractivity contribution < 1.29 is 0 Å². The Morgan fingerprint density at radius 3 is 2.41 bits per heavy atom. The van der Waals surface area contributed by atoms with Crippen LogP contribution in [-0.2, 0) is 5.75 Å². The molecule has 5 heteroatoms. The topological polar surface area (TPSA) is 54.5 Å². The number of hydrogen-bond donors (Lipinski definition) is 0. The van der Waals surface area contributed by atoms with E-state index in [-0.39, 0.29) is 0 Å². The molecule has 0 unspecified atom stereocenters. The van der Waals surface area contributed by atoms with E-state index in [0.717, 1.165) is 22.4 Å². The molecule has 4 nitrogen and oxygen atoms in total. The Labute approximate surface area is 164 Å². The van der Waals surface area contributed by atoms with Crippen molar-refractivity contribution >= 4 is 11.8 Å². The molecule has 0 saturated heterocycles. The van der Waals surface area contributed by atoms with Gasteiger partial charge in [0, 0.05) is 17.4 Å². The molecule has 3 aromatic rings. The van der Waals surface area contributed by atoms with Crippen molar-refractivity contribution in [3.05, 3.63) is 71.5 Å². The second-order valence-electron chi connectivity index (χ2n) is 6.94. The van der Waals surface area contributed by atoms with Crippen molar-refractivity contribution in [2.75, 3.05) is 0 Å². The van der Waals surface area contributed by atoms with Crippen LogP contribution in [0, 0.1) is 11.3 Å². The average molecular weight is 375 g/mol. The van der Waals surface area contributed by atoms with Crippen molar-refractivity contribution in [2.24, 2.45) is 0 Å². The number of rotatable bonds is 5. The third-order valence-electron chi connectivity index (χ3n) is 5.09. The van der Waals surface area contributed by atoms with E-state index in [1.807, 2.05) is 30.3 Å². The number of aromatic nitrogens is 3. The molecule has 1 heterocycles. The van der Waals surface area contributed by atoms with E-state index < -0.39 is 0 Å². The van der Waals surface area contributed by atoms with E-state index in [4.69, 9.17) is 5.26 Å². The fourth-order valence-corrected chi connectivity index (χ4v) is 4.56. The van der Waals surface area contributed by atoms with Gasteiger partial charge in [-0.2, -0.15) is 5.26 Å². The van der Waals surface area contributed by atoms with E-state index in [2.05, 4.69) is 45.1 Å². The molecule has 0 aliphatic heterocycles. The van der Waals surface area contributed by atoms with E-state index in [1.165, 1.54) is 37.7 Å². The first-order chi connectivity index (χ1) is 13.3. The van der Waals surface area contributed by atoms with Gasteiger partial charge in [-0.05, 0) is 42.7 Å². The van der Waals surface area contributed by atoms with Crippen molar-refractivity contribution in [2.45, 2.75) is 48.9 Å². The Kier molecular flexibility index (Phi) is 5.55. The molecule has 0 bridgehead atoms. The van der Waals surface area contributed by atoms with Gasteiger partial charge in [0.05, 0.1) is 11.6 Å². The van der Waals surface area contributed by atoms with Crippen LogP contribution >= 0.6 is 11.8 Å². The lowest BCUT2D eigenvalue weighted by Crippen LogP contribution is -2.11. The maximum Gasteiger partial charge on any atom is 0.196 e. The van der Waals surface area contributed by atoms with Gasteiger partial charge >= 0.3 is 0 Å². The number of nitrogens with zero attached hydrogens (tertiary/aromatic N) is 4. The highest BCUT2D eigenvalue weighted by atomic mass is 32.2. The van der Waals surface area contributed by atoms with Crippen molar-refractivity contribution in [1.82, 2.24) is 14.8 Å². The highest BCUT2D eigenvalue weighted by Gasteiger charge is 2.24. The summed E-state index contributed by atoms with van der Waals surface area (Å²) in [5.41, 5.74) is 3.00. The molecule has 4 rings (SSSR count). The fraction of sp³-hybridized carbons (Fsp3) is 0.318. The molecule has 0 spiro atoms. The summed E-state index contributed by atoms with van der Waals surface area (Å²) < 4.78 is 2.24. The van der Waals surface area contributed by atoms with Gasteiger partial charge in [-0.15, -0.1) is 10.2 Å². The van der Waals surface area contributed by atoms with E-state index in [9.17, 15) is 0 Å². The number of nitriles is 1. The highest BCUT2D eigenvalue weighted by molar-refractivity contribution is 7.98. The van der Waals surface area contributed by atoms with E-state index in [1.54, 1.807) is 11.8 Å². The summed E-state index contributed by atoms with van der Waals surface area (Å²) in [6.45, 7) is 0. The van der Waals surface area contributed by atoms with Crippen LogP contribution in [0.3, 0.4) is 0 Å². The van der Waals surface area contributed by atoms with Gasteiger partial charge in [0.25, 0.3) is 0 Å². The number of benzene rings is 2. The van der Waals surface area contributed by atoms with Crippen molar-refractivity contribution in [3.63, 3.8) is 0 Å². The zero-order chi connectivity index (χ0) is 18.5. The third-order valence-corrected chi connectivity index (χ3v) is 6.09. The minimum absolute atomic E-state index is 0.496. The largest absolute Gasteiger partial charge is 0.274 e. The van der Waals surface area contributed by atoms with E-state index >= 15 is 0 Å². The molecule has 1 aromatic heterocycles. The quantitative estimate of drug-likeness (QED) is 0.555.